The van der Waals surface area contributed by atoms with Crippen LogP contribution in [0.3, 0.4) is 0 Å². The number of aromatic nitrogens is 2. The number of benzene rings is 7. The van der Waals surface area contributed by atoms with Gasteiger partial charge in [0.15, 0.2) is 0 Å². The SMILES string of the molecule is [2H]c1c([2H])c([2H])c2c(-n3c(-c4ccccc4)nc4ccccc43)c3c([2H])c([2H])c([2H])c([2H])c3c(-c3cccc4ccccc34)c2c1[2H]. The number of fused-ring (bicyclic) bond motifs is 4. The molecule has 0 saturated carbocycles. The van der Waals surface area contributed by atoms with Crippen molar-refractivity contribution in [3.05, 3.63) is 145 Å². The molecule has 39 heavy (non-hydrogen) atoms. The molecule has 1 heterocycles. The number of hydrogen-bond acceptors (Lipinski definition) is 1. The van der Waals surface area contributed by atoms with Crippen LogP contribution in [0.25, 0.3) is 71.6 Å². The van der Waals surface area contributed by atoms with Gasteiger partial charge in [-0.2, -0.15) is 0 Å². The second kappa shape index (κ2) is 8.68. The van der Waals surface area contributed by atoms with Gasteiger partial charge in [-0.15, -0.1) is 0 Å². The largest absolute Gasteiger partial charge is 0.291 e. The van der Waals surface area contributed by atoms with E-state index in [2.05, 4.69) is 0 Å². The molecule has 2 heteroatoms. The topological polar surface area (TPSA) is 17.8 Å². The third kappa shape index (κ3) is 3.32. The molecule has 0 N–H and O–H groups in total. The Bertz CT molecular complexity index is 2530. The molecule has 0 bridgehead atoms. The maximum atomic E-state index is 9.35. The lowest BCUT2D eigenvalue weighted by atomic mass is 9.88. The Morgan fingerprint density at radius 3 is 1.92 bits per heavy atom. The van der Waals surface area contributed by atoms with Crippen molar-refractivity contribution in [1.82, 2.24) is 9.55 Å². The molecular formula is C37H24N2. The zero-order valence-corrected chi connectivity index (χ0v) is 20.6. The van der Waals surface area contributed by atoms with E-state index >= 15 is 0 Å². The van der Waals surface area contributed by atoms with E-state index in [1.54, 1.807) is 4.57 Å². The standard InChI is InChI=1S/C37H24N2/c1-2-14-26(15-3-1)37-38-33-23-10-11-24-34(33)39(37)36-31-20-8-6-18-29(31)35(30-19-7-9-21-32(30)36)28-22-12-16-25-13-4-5-17-27(25)28/h1-24H/i6D,7D,8D,9D,18D,19D,20D,21D. The van der Waals surface area contributed by atoms with Crippen LogP contribution in [0.4, 0.5) is 0 Å². The number of para-hydroxylation sites is 2. The quantitative estimate of drug-likeness (QED) is 0.219. The van der Waals surface area contributed by atoms with Gasteiger partial charge in [0.2, 0.25) is 0 Å². The van der Waals surface area contributed by atoms with Gasteiger partial charge in [0.05, 0.1) is 27.7 Å². The smallest absolute Gasteiger partial charge is 0.145 e. The molecule has 0 aliphatic carbocycles. The molecule has 0 radical (unpaired) electrons. The van der Waals surface area contributed by atoms with Crippen molar-refractivity contribution in [2.45, 2.75) is 0 Å². The Morgan fingerprint density at radius 2 is 1.15 bits per heavy atom. The molecule has 2 nitrogen and oxygen atoms in total. The van der Waals surface area contributed by atoms with Crippen LogP contribution in [0.5, 0.6) is 0 Å². The minimum Gasteiger partial charge on any atom is -0.291 e. The van der Waals surface area contributed by atoms with E-state index in [1.807, 2.05) is 97.1 Å². The first-order valence-corrected chi connectivity index (χ1v) is 12.7. The zero-order valence-electron chi connectivity index (χ0n) is 28.6. The highest BCUT2D eigenvalue weighted by molar-refractivity contribution is 6.21. The maximum absolute atomic E-state index is 9.35. The first-order chi connectivity index (χ1) is 22.7. The lowest BCUT2D eigenvalue weighted by molar-refractivity contribution is 1.13. The van der Waals surface area contributed by atoms with Crippen molar-refractivity contribution in [2.75, 3.05) is 0 Å². The maximum Gasteiger partial charge on any atom is 0.145 e. The molecular weight excluding hydrogens is 472 g/mol. The van der Waals surface area contributed by atoms with E-state index in [4.69, 9.17) is 10.5 Å². The summed E-state index contributed by atoms with van der Waals surface area (Å²) in [4.78, 5) is 4.96. The minimum absolute atomic E-state index is 0.136. The van der Waals surface area contributed by atoms with E-state index in [0.717, 1.165) is 16.3 Å². The van der Waals surface area contributed by atoms with Gasteiger partial charge < -0.3 is 0 Å². The molecule has 0 aliphatic heterocycles. The van der Waals surface area contributed by atoms with E-state index < -0.39 is 24.2 Å². The Morgan fingerprint density at radius 1 is 0.538 bits per heavy atom. The summed E-state index contributed by atoms with van der Waals surface area (Å²) in [6, 6.07) is 27.0. The van der Waals surface area contributed by atoms with E-state index in [9.17, 15) is 5.48 Å². The fraction of sp³-hybridized carbons (Fsp3) is 0. The van der Waals surface area contributed by atoms with Crippen LogP contribution in [0.2, 0.25) is 0 Å². The van der Waals surface area contributed by atoms with E-state index in [1.165, 1.54) is 0 Å². The molecule has 8 aromatic rings. The third-order valence-corrected chi connectivity index (χ3v) is 7.22. The normalized spacial score (nSPS) is 14.5. The van der Waals surface area contributed by atoms with Gasteiger partial charge in [-0.3, -0.25) is 4.57 Å². The second-order valence-electron chi connectivity index (χ2n) is 9.38. The summed E-state index contributed by atoms with van der Waals surface area (Å²) in [5, 5.41) is 2.26. The summed E-state index contributed by atoms with van der Waals surface area (Å²) < 4.78 is 74.2. The molecule has 7 aromatic carbocycles. The van der Waals surface area contributed by atoms with E-state index in [0.29, 0.717) is 28.0 Å². The van der Waals surface area contributed by atoms with Gasteiger partial charge in [0.1, 0.15) is 5.82 Å². The van der Waals surface area contributed by atoms with Gasteiger partial charge in [-0.05, 0) is 44.8 Å². The molecule has 0 fully saturated rings. The fourth-order valence-electron chi connectivity index (χ4n) is 5.57. The lowest BCUT2D eigenvalue weighted by Gasteiger charge is -2.20. The Labute approximate surface area is 237 Å². The van der Waals surface area contributed by atoms with Crippen molar-refractivity contribution in [3.63, 3.8) is 0 Å². The molecule has 8 rings (SSSR count). The minimum atomic E-state index is -0.446. The molecule has 0 aliphatic rings. The van der Waals surface area contributed by atoms with Gasteiger partial charge in [-0.25, -0.2) is 4.98 Å². The molecule has 0 unspecified atom stereocenters. The molecule has 0 atom stereocenters. The summed E-state index contributed by atoms with van der Waals surface area (Å²) in [5.41, 5.74) is 3.09. The average molecular weight is 505 g/mol. The van der Waals surface area contributed by atoms with Crippen LogP contribution in [-0.4, -0.2) is 9.55 Å². The second-order valence-corrected chi connectivity index (χ2v) is 9.38. The first kappa shape index (κ1) is 15.3. The summed E-state index contributed by atoms with van der Waals surface area (Å²) in [5.74, 6) is 0.465. The third-order valence-electron chi connectivity index (χ3n) is 7.22. The van der Waals surface area contributed by atoms with Crippen LogP contribution in [-0.2, 0) is 0 Å². The molecule has 0 amide bonds. The highest BCUT2D eigenvalue weighted by Gasteiger charge is 2.21. The zero-order chi connectivity index (χ0) is 32.7. The molecule has 0 saturated heterocycles. The average Bonchev–Trinajstić information content (AvgIpc) is 3.49. The summed E-state index contributed by atoms with van der Waals surface area (Å²) >= 11 is 0. The van der Waals surface area contributed by atoms with Crippen molar-refractivity contribution in [2.24, 2.45) is 0 Å². The highest BCUT2D eigenvalue weighted by Crippen LogP contribution is 2.44. The van der Waals surface area contributed by atoms with E-state index in [-0.39, 0.29) is 51.4 Å². The van der Waals surface area contributed by atoms with Crippen LogP contribution in [0.1, 0.15) is 11.0 Å². The Balaban J connectivity index is 1.75. The highest BCUT2D eigenvalue weighted by atomic mass is 15.1. The van der Waals surface area contributed by atoms with Crippen LogP contribution in [0, 0.1) is 0 Å². The van der Waals surface area contributed by atoms with Crippen molar-refractivity contribution >= 4 is 43.4 Å². The predicted molar refractivity (Wildman–Crippen MR) is 164 cm³/mol. The molecule has 0 spiro atoms. The summed E-state index contributed by atoms with van der Waals surface area (Å²) in [7, 11) is 0. The predicted octanol–water partition coefficient (Wildman–Crippen LogP) is 9.82. The van der Waals surface area contributed by atoms with Crippen LogP contribution in [0.15, 0.2) is 145 Å². The van der Waals surface area contributed by atoms with Gasteiger partial charge in [0.25, 0.3) is 0 Å². The monoisotopic (exact) mass is 504 g/mol. The van der Waals surface area contributed by atoms with Gasteiger partial charge in [-0.1, -0.05) is 133 Å². The summed E-state index contributed by atoms with van der Waals surface area (Å²) in [6.07, 6.45) is 0. The van der Waals surface area contributed by atoms with Gasteiger partial charge in [0, 0.05) is 16.3 Å². The first-order valence-electron chi connectivity index (χ1n) is 16.7. The number of hydrogen-bond donors (Lipinski definition) is 0. The number of rotatable bonds is 3. The lowest BCUT2D eigenvalue weighted by Crippen LogP contribution is -2.01. The summed E-state index contributed by atoms with van der Waals surface area (Å²) in [6.45, 7) is 0. The van der Waals surface area contributed by atoms with Crippen molar-refractivity contribution in [1.29, 1.82) is 0 Å². The number of imidazole rings is 1. The Kier molecular flexibility index (Phi) is 3.40. The van der Waals surface area contributed by atoms with Crippen molar-refractivity contribution in [3.8, 4) is 28.2 Å². The molecule has 182 valence electrons. The van der Waals surface area contributed by atoms with Crippen LogP contribution >= 0.6 is 0 Å². The van der Waals surface area contributed by atoms with Crippen molar-refractivity contribution < 1.29 is 11.0 Å². The van der Waals surface area contributed by atoms with Gasteiger partial charge >= 0.3 is 0 Å². The fourth-order valence-corrected chi connectivity index (χ4v) is 5.57. The number of nitrogens with zero attached hydrogens (tertiary/aromatic N) is 2. The Hall–Kier alpha value is -5.21. The molecule has 1 aromatic heterocycles. The van der Waals surface area contributed by atoms with Crippen LogP contribution < -0.4 is 0 Å².